The van der Waals surface area contributed by atoms with Crippen LogP contribution in [0.3, 0.4) is 0 Å². The van der Waals surface area contributed by atoms with Gasteiger partial charge in [-0.2, -0.15) is 0 Å². The van der Waals surface area contributed by atoms with Crippen LogP contribution in [-0.4, -0.2) is 30.5 Å². The van der Waals surface area contributed by atoms with Crippen LogP contribution in [0.4, 0.5) is 0 Å². The van der Waals surface area contributed by atoms with E-state index < -0.39 is 0 Å². The van der Waals surface area contributed by atoms with E-state index in [0.717, 1.165) is 34.2 Å². The maximum absolute atomic E-state index is 12.8. The topological polar surface area (TPSA) is 26.3 Å². The number of hydrogen-bond donors (Lipinski definition) is 0. The summed E-state index contributed by atoms with van der Waals surface area (Å²) in [6, 6.07) is 10.0. The molecular weight excluding hydrogens is 322 g/mol. The second kappa shape index (κ2) is 9.58. The number of hydrogen-bond acceptors (Lipinski definition) is 2. The number of ether oxygens (including phenoxy) is 1. The number of carbonyl (C=O) groups excluding carboxylic acids is 1. The van der Waals surface area contributed by atoms with Crippen molar-refractivity contribution in [2.24, 2.45) is 0 Å². The zero-order chi connectivity index (χ0) is 17.9. The van der Waals surface area contributed by atoms with Crippen LogP contribution < -0.4 is 10.0 Å². The Morgan fingerprint density at radius 1 is 1.04 bits per heavy atom. The van der Waals surface area contributed by atoms with Gasteiger partial charge in [-0.25, -0.2) is 0 Å². The van der Waals surface area contributed by atoms with Gasteiger partial charge in [0.1, 0.15) is 5.75 Å². The second-order valence-corrected chi connectivity index (χ2v) is 7.73. The number of aryl methyl sites for hydroxylation is 2. The van der Waals surface area contributed by atoms with Crippen molar-refractivity contribution < 1.29 is 9.53 Å². The Bertz CT molecular complexity index is 739. The van der Waals surface area contributed by atoms with Crippen molar-refractivity contribution in [3.8, 4) is 5.75 Å². The van der Waals surface area contributed by atoms with E-state index in [9.17, 15) is 4.79 Å². The van der Waals surface area contributed by atoms with Gasteiger partial charge >= 0.3 is 0 Å². The molecule has 2 unspecified atom stereocenters. The molecule has 25 heavy (non-hydrogen) atoms. The van der Waals surface area contributed by atoms with E-state index in [0.29, 0.717) is 0 Å². The third-order valence-corrected chi connectivity index (χ3v) is 5.71. The molecule has 2 aromatic carbocycles. The van der Waals surface area contributed by atoms with Crippen LogP contribution in [0.25, 0.3) is 0 Å². The van der Waals surface area contributed by atoms with E-state index in [2.05, 4.69) is 40.7 Å². The summed E-state index contributed by atoms with van der Waals surface area (Å²) in [4.78, 5) is 12.8. The standard InChI is InChI=1S/C21H27O2P.Li/c1-7-15(4)23-18-8-10-19(11-9-18)24-21(22)20-14(3)12-13(2)16(5)17(20)6;/h8-12,15,24H,7H2,1-6H3;. The van der Waals surface area contributed by atoms with Crippen LogP contribution in [0.1, 0.15) is 52.9 Å². The van der Waals surface area contributed by atoms with E-state index in [4.69, 9.17) is 4.74 Å². The second-order valence-electron chi connectivity index (χ2n) is 6.45. The van der Waals surface area contributed by atoms with Crippen molar-refractivity contribution >= 4 is 38.3 Å². The summed E-state index contributed by atoms with van der Waals surface area (Å²) in [5.41, 5.74) is 5.74. The molecule has 0 aliphatic heterocycles. The smallest absolute Gasteiger partial charge is 0.186 e. The first-order valence-electron chi connectivity index (χ1n) is 8.49. The number of rotatable bonds is 6. The summed E-state index contributed by atoms with van der Waals surface area (Å²) in [5, 5.41) is 1.05. The Kier molecular flexibility index (Phi) is 8.43. The Morgan fingerprint density at radius 3 is 2.20 bits per heavy atom. The van der Waals surface area contributed by atoms with Crippen LogP contribution >= 0.6 is 8.58 Å². The van der Waals surface area contributed by atoms with Crippen molar-refractivity contribution in [1.29, 1.82) is 0 Å². The molecule has 0 heterocycles. The minimum atomic E-state index is 0. The summed E-state index contributed by atoms with van der Waals surface area (Å²) < 4.78 is 5.79. The van der Waals surface area contributed by atoms with Gasteiger partial charge in [0.05, 0.1) is 6.10 Å². The van der Waals surface area contributed by atoms with E-state index in [1.165, 1.54) is 11.1 Å². The van der Waals surface area contributed by atoms with E-state index in [1.54, 1.807) is 0 Å². The third kappa shape index (κ3) is 5.45. The van der Waals surface area contributed by atoms with Crippen molar-refractivity contribution in [3.63, 3.8) is 0 Å². The van der Waals surface area contributed by atoms with Crippen molar-refractivity contribution in [2.45, 2.75) is 54.1 Å². The summed E-state index contributed by atoms with van der Waals surface area (Å²) in [5.74, 6) is 0.865. The molecule has 0 spiro atoms. The molecule has 0 saturated carbocycles. The predicted octanol–water partition coefficient (Wildman–Crippen LogP) is 4.86. The number of carbonyl (C=O) groups is 1. The molecular formula is C21H27LiO2P. The Morgan fingerprint density at radius 2 is 1.64 bits per heavy atom. The first kappa shape index (κ1) is 22.0. The molecule has 0 amide bonds. The predicted molar refractivity (Wildman–Crippen MR) is 110 cm³/mol. The molecule has 0 aliphatic rings. The molecule has 0 aliphatic carbocycles. The zero-order valence-corrected chi connectivity index (χ0v) is 17.5. The fraction of sp³-hybridized carbons (Fsp3) is 0.381. The van der Waals surface area contributed by atoms with Crippen molar-refractivity contribution in [3.05, 3.63) is 58.1 Å². The average molecular weight is 349 g/mol. The van der Waals surface area contributed by atoms with E-state index in [-0.39, 0.29) is 39.1 Å². The van der Waals surface area contributed by atoms with Crippen LogP contribution in [0.2, 0.25) is 0 Å². The van der Waals surface area contributed by atoms with Crippen molar-refractivity contribution in [2.75, 3.05) is 0 Å². The quantitative estimate of drug-likeness (QED) is 0.550. The van der Waals surface area contributed by atoms with Crippen LogP contribution in [0, 0.1) is 27.7 Å². The maximum Gasteiger partial charge on any atom is 0.186 e. The monoisotopic (exact) mass is 349 g/mol. The molecule has 1 radical (unpaired) electrons. The van der Waals surface area contributed by atoms with Gasteiger partial charge in [0.15, 0.2) is 5.52 Å². The maximum atomic E-state index is 12.8. The molecule has 0 N–H and O–H groups in total. The Balaban J connectivity index is 0.00000312. The Labute approximate surface area is 165 Å². The van der Waals surface area contributed by atoms with Crippen LogP contribution in [0.15, 0.2) is 30.3 Å². The first-order chi connectivity index (χ1) is 11.3. The van der Waals surface area contributed by atoms with Crippen LogP contribution in [0.5, 0.6) is 5.75 Å². The normalized spacial score (nSPS) is 12.1. The van der Waals surface area contributed by atoms with Gasteiger partial charge in [0.25, 0.3) is 0 Å². The van der Waals surface area contributed by atoms with Gasteiger partial charge in [-0.1, -0.05) is 25.1 Å². The van der Waals surface area contributed by atoms with E-state index in [1.807, 2.05) is 31.2 Å². The third-order valence-electron chi connectivity index (χ3n) is 4.61. The summed E-state index contributed by atoms with van der Waals surface area (Å²) in [6.07, 6.45) is 1.19. The summed E-state index contributed by atoms with van der Waals surface area (Å²) in [6.45, 7) is 12.4. The van der Waals surface area contributed by atoms with Gasteiger partial charge < -0.3 is 4.74 Å². The summed E-state index contributed by atoms with van der Waals surface area (Å²) in [7, 11) is 0.140. The van der Waals surface area contributed by atoms with E-state index >= 15 is 0 Å². The minimum absolute atomic E-state index is 0. The molecule has 2 nitrogen and oxygen atoms in total. The molecule has 2 aromatic rings. The fourth-order valence-electron chi connectivity index (χ4n) is 2.76. The molecule has 4 heteroatoms. The number of benzene rings is 2. The molecule has 2 atom stereocenters. The minimum Gasteiger partial charge on any atom is -0.491 e. The molecule has 0 saturated heterocycles. The van der Waals surface area contributed by atoms with Gasteiger partial charge in [-0.3, -0.25) is 4.79 Å². The first-order valence-corrected chi connectivity index (χ1v) is 9.49. The van der Waals surface area contributed by atoms with Crippen LogP contribution in [-0.2, 0) is 0 Å². The van der Waals surface area contributed by atoms with Gasteiger partial charge in [0, 0.05) is 24.4 Å². The fourth-order valence-corrected chi connectivity index (χ4v) is 3.86. The summed E-state index contributed by atoms with van der Waals surface area (Å²) >= 11 is 0. The largest absolute Gasteiger partial charge is 0.491 e. The van der Waals surface area contributed by atoms with Crippen molar-refractivity contribution in [1.82, 2.24) is 0 Å². The molecule has 0 fully saturated rings. The molecule has 0 aromatic heterocycles. The molecule has 0 bridgehead atoms. The molecule has 2 rings (SSSR count). The van der Waals surface area contributed by atoms with Gasteiger partial charge in [-0.15, -0.1) is 0 Å². The SMILES string of the molecule is CCC(C)Oc1ccc(PC(=O)c2c(C)cc(C)c(C)c2C)cc1.[Li]. The van der Waals surface area contributed by atoms with Gasteiger partial charge in [0.2, 0.25) is 0 Å². The Hall–Kier alpha value is -1.06. The van der Waals surface area contributed by atoms with Gasteiger partial charge in [-0.05, 0) is 89.3 Å². The average Bonchev–Trinajstić information content (AvgIpc) is 2.54. The molecule has 129 valence electrons. The zero-order valence-electron chi connectivity index (χ0n) is 16.5.